The summed E-state index contributed by atoms with van der Waals surface area (Å²) in [6.45, 7) is 0.330. The first-order chi connectivity index (χ1) is 13.9. The van der Waals surface area contributed by atoms with Gasteiger partial charge in [0.25, 0.3) is 11.8 Å². The number of hydrogen-bond donors (Lipinski definition) is 1. The number of carbonyl (C=O) groups is 2. The zero-order valence-corrected chi connectivity index (χ0v) is 17.9. The highest BCUT2D eigenvalue weighted by Gasteiger charge is 2.21. The number of furan rings is 1. The molecule has 0 radical (unpaired) electrons. The topological polar surface area (TPSA) is 78.7 Å². The second kappa shape index (κ2) is 8.91. The summed E-state index contributed by atoms with van der Waals surface area (Å²) in [6.07, 6.45) is 1.73. The average molecular weight is 457 g/mol. The molecule has 0 saturated carbocycles. The Kier molecular flexibility index (Phi) is 6.33. The van der Waals surface area contributed by atoms with E-state index < -0.39 is 0 Å². The molecule has 0 bridgehead atoms. The van der Waals surface area contributed by atoms with E-state index in [-0.39, 0.29) is 17.6 Å². The Balaban J connectivity index is 1.73. The molecule has 0 atom stereocenters. The van der Waals surface area contributed by atoms with Crippen molar-refractivity contribution in [2.75, 3.05) is 30.9 Å². The van der Waals surface area contributed by atoms with E-state index in [0.717, 1.165) is 11.4 Å². The first kappa shape index (κ1) is 20.6. The van der Waals surface area contributed by atoms with Crippen LogP contribution in [0.1, 0.15) is 26.5 Å². The maximum Gasteiger partial charge on any atom is 0.293 e. The van der Waals surface area contributed by atoms with Crippen LogP contribution in [-0.4, -0.2) is 37.9 Å². The maximum atomic E-state index is 12.8. The number of para-hydroxylation sites is 1. The number of carbonyl (C=O) groups excluding carboxylic acids is 2. The number of halogens is 1. The minimum atomic E-state index is -0.348. The molecule has 0 aliphatic rings. The molecule has 0 unspecified atom stereocenters. The van der Waals surface area contributed by atoms with E-state index in [0.29, 0.717) is 22.5 Å². The van der Waals surface area contributed by atoms with E-state index >= 15 is 0 Å². The maximum absolute atomic E-state index is 12.8. The van der Waals surface area contributed by atoms with Crippen molar-refractivity contribution in [2.24, 2.45) is 0 Å². The highest BCUT2D eigenvalue weighted by molar-refractivity contribution is 9.10. The molecule has 150 valence electrons. The zero-order chi connectivity index (χ0) is 21.0. The third kappa shape index (κ3) is 4.83. The van der Waals surface area contributed by atoms with E-state index in [1.807, 2.05) is 31.1 Å². The van der Waals surface area contributed by atoms with Gasteiger partial charge in [-0.1, -0.05) is 18.2 Å². The summed E-state index contributed by atoms with van der Waals surface area (Å²) in [5.74, 6) is 0.397. The molecule has 0 saturated heterocycles. The molecule has 7 nitrogen and oxygen atoms in total. The molecule has 0 aliphatic carbocycles. The Hall–Kier alpha value is -3.13. The molecule has 1 aromatic carbocycles. The molecule has 1 N–H and O–H groups in total. The van der Waals surface area contributed by atoms with Gasteiger partial charge in [-0.3, -0.25) is 9.59 Å². The van der Waals surface area contributed by atoms with Crippen LogP contribution in [0, 0.1) is 0 Å². The summed E-state index contributed by atoms with van der Waals surface area (Å²) in [5, 5.41) is 2.88. The number of aromatic nitrogens is 1. The van der Waals surface area contributed by atoms with E-state index in [2.05, 4.69) is 26.2 Å². The van der Waals surface area contributed by atoms with Gasteiger partial charge in [0.2, 0.25) is 0 Å². The first-order valence-electron chi connectivity index (χ1n) is 8.89. The monoisotopic (exact) mass is 456 g/mol. The number of hydrogen-bond acceptors (Lipinski definition) is 5. The molecule has 2 aromatic heterocycles. The van der Waals surface area contributed by atoms with Crippen LogP contribution in [0.25, 0.3) is 0 Å². The Labute approximate surface area is 177 Å². The van der Waals surface area contributed by atoms with Crippen molar-refractivity contribution in [3.63, 3.8) is 0 Å². The van der Waals surface area contributed by atoms with Gasteiger partial charge in [-0.2, -0.15) is 0 Å². The van der Waals surface area contributed by atoms with Gasteiger partial charge < -0.3 is 19.5 Å². The number of benzene rings is 1. The fraction of sp³-hybridized carbons (Fsp3) is 0.190. The van der Waals surface area contributed by atoms with Gasteiger partial charge in [-0.05, 0) is 51.8 Å². The molecule has 29 heavy (non-hydrogen) atoms. The minimum Gasteiger partial charge on any atom is -0.444 e. The van der Waals surface area contributed by atoms with Crippen LogP contribution in [0.5, 0.6) is 0 Å². The lowest BCUT2D eigenvalue weighted by Crippen LogP contribution is -2.30. The predicted octanol–water partition coefficient (Wildman–Crippen LogP) is 3.71. The fourth-order valence-corrected chi connectivity index (χ4v) is 3.03. The Morgan fingerprint density at radius 1 is 1.07 bits per heavy atom. The lowest BCUT2D eigenvalue weighted by Gasteiger charge is -2.19. The van der Waals surface area contributed by atoms with Crippen molar-refractivity contribution < 1.29 is 14.0 Å². The van der Waals surface area contributed by atoms with E-state index in [4.69, 9.17) is 4.42 Å². The normalized spacial score (nSPS) is 10.5. The highest BCUT2D eigenvalue weighted by Crippen LogP contribution is 2.23. The summed E-state index contributed by atoms with van der Waals surface area (Å²) >= 11 is 3.19. The second-order valence-corrected chi connectivity index (χ2v) is 7.37. The van der Waals surface area contributed by atoms with E-state index in [1.165, 1.54) is 4.90 Å². The van der Waals surface area contributed by atoms with Crippen molar-refractivity contribution in [1.82, 2.24) is 10.3 Å². The molecular weight excluding hydrogens is 436 g/mol. The van der Waals surface area contributed by atoms with E-state index in [9.17, 15) is 9.59 Å². The standard InChI is InChI=1S/C21H21BrN4O3/c1-25(2)19-11-8-14(12-23-19)13-24-20(27)15-6-4-5-7-16(15)26(3)21(28)17-9-10-18(22)29-17/h4-12H,13H2,1-3H3,(H,24,27). The lowest BCUT2D eigenvalue weighted by atomic mass is 10.1. The Bertz CT molecular complexity index is 1010. The highest BCUT2D eigenvalue weighted by atomic mass is 79.9. The average Bonchev–Trinajstić information content (AvgIpc) is 3.17. The van der Waals surface area contributed by atoms with Crippen LogP contribution < -0.4 is 15.1 Å². The summed E-state index contributed by atoms with van der Waals surface area (Å²) < 4.78 is 5.80. The smallest absolute Gasteiger partial charge is 0.293 e. The zero-order valence-electron chi connectivity index (χ0n) is 16.3. The SMILES string of the molecule is CN(C)c1ccc(CNC(=O)c2ccccc2N(C)C(=O)c2ccc(Br)o2)cn1. The van der Waals surface area contributed by atoms with Crippen LogP contribution in [0.15, 0.2) is 63.8 Å². The van der Waals surface area contributed by atoms with Crippen LogP contribution in [0.2, 0.25) is 0 Å². The van der Waals surface area contributed by atoms with Gasteiger partial charge in [0, 0.05) is 33.9 Å². The van der Waals surface area contributed by atoms with Crippen LogP contribution in [-0.2, 0) is 6.54 Å². The second-order valence-electron chi connectivity index (χ2n) is 6.59. The molecule has 2 amide bonds. The third-order valence-corrected chi connectivity index (χ3v) is 4.75. The molecular formula is C21H21BrN4O3. The van der Waals surface area contributed by atoms with Crippen LogP contribution in [0.4, 0.5) is 11.5 Å². The molecule has 3 rings (SSSR count). The van der Waals surface area contributed by atoms with Gasteiger partial charge in [0.1, 0.15) is 5.82 Å². The summed E-state index contributed by atoms with van der Waals surface area (Å²) in [7, 11) is 5.44. The minimum absolute atomic E-state index is 0.182. The Morgan fingerprint density at radius 3 is 2.45 bits per heavy atom. The number of pyridine rings is 1. The molecule has 8 heteroatoms. The first-order valence-corrected chi connectivity index (χ1v) is 9.69. The van der Waals surface area contributed by atoms with Crippen LogP contribution >= 0.6 is 15.9 Å². The van der Waals surface area contributed by atoms with E-state index in [1.54, 1.807) is 49.6 Å². The summed E-state index contributed by atoms with van der Waals surface area (Å²) in [5.41, 5.74) is 1.77. The van der Waals surface area contributed by atoms with Gasteiger partial charge >= 0.3 is 0 Å². The molecule has 0 fully saturated rings. The molecule has 2 heterocycles. The molecule has 0 aliphatic heterocycles. The van der Waals surface area contributed by atoms with Crippen molar-refractivity contribution in [2.45, 2.75) is 6.54 Å². The van der Waals surface area contributed by atoms with Gasteiger partial charge in [0.15, 0.2) is 10.4 Å². The van der Waals surface area contributed by atoms with Gasteiger partial charge in [-0.15, -0.1) is 0 Å². The van der Waals surface area contributed by atoms with Crippen LogP contribution in [0.3, 0.4) is 0 Å². The summed E-state index contributed by atoms with van der Waals surface area (Å²) in [4.78, 5) is 33.1. The van der Waals surface area contributed by atoms with Crippen molar-refractivity contribution in [3.05, 3.63) is 76.3 Å². The number of nitrogens with one attached hydrogen (secondary N) is 1. The lowest BCUT2D eigenvalue weighted by molar-refractivity contribution is 0.0951. The fourth-order valence-electron chi connectivity index (χ4n) is 2.73. The molecule has 0 spiro atoms. The number of anilines is 2. The Morgan fingerprint density at radius 2 is 1.83 bits per heavy atom. The predicted molar refractivity (Wildman–Crippen MR) is 115 cm³/mol. The van der Waals surface area contributed by atoms with Crippen molar-refractivity contribution in [3.8, 4) is 0 Å². The number of nitrogens with zero attached hydrogens (tertiary/aromatic N) is 3. The summed E-state index contributed by atoms with van der Waals surface area (Å²) in [6, 6.07) is 14.0. The quantitative estimate of drug-likeness (QED) is 0.611. The van der Waals surface area contributed by atoms with Gasteiger partial charge in [0.05, 0.1) is 11.3 Å². The largest absolute Gasteiger partial charge is 0.444 e. The molecule has 3 aromatic rings. The number of amides is 2. The number of rotatable bonds is 6. The third-order valence-electron chi connectivity index (χ3n) is 4.32. The van der Waals surface area contributed by atoms with Gasteiger partial charge in [-0.25, -0.2) is 4.98 Å². The van der Waals surface area contributed by atoms with Crippen molar-refractivity contribution in [1.29, 1.82) is 0 Å². The van der Waals surface area contributed by atoms with Crippen molar-refractivity contribution >= 4 is 39.2 Å².